The third-order valence-electron chi connectivity index (χ3n) is 5.21. The van der Waals surface area contributed by atoms with E-state index in [4.69, 9.17) is 4.74 Å². The van der Waals surface area contributed by atoms with Gasteiger partial charge in [-0.2, -0.15) is 0 Å². The minimum atomic E-state index is -2.92. The van der Waals surface area contributed by atoms with Crippen LogP contribution >= 0.6 is 0 Å². The molecule has 0 spiro atoms. The molecule has 1 aliphatic carbocycles. The molecule has 124 valence electrons. The van der Waals surface area contributed by atoms with Gasteiger partial charge in [0.05, 0.1) is 11.4 Å². The van der Waals surface area contributed by atoms with Crippen LogP contribution < -0.4 is 5.32 Å². The topological polar surface area (TPSA) is 55.4 Å². The summed E-state index contributed by atoms with van der Waals surface area (Å²) in [6, 6.07) is 0.312. The van der Waals surface area contributed by atoms with Crippen LogP contribution in [0.25, 0.3) is 0 Å². The summed E-state index contributed by atoms with van der Waals surface area (Å²) in [4.78, 5) is 0. The smallest absolute Gasteiger partial charge is 0.150 e. The lowest BCUT2D eigenvalue weighted by Crippen LogP contribution is -2.50. The molecule has 1 heterocycles. The number of hydrogen-bond acceptors (Lipinski definition) is 4. The van der Waals surface area contributed by atoms with Gasteiger partial charge in [-0.15, -0.1) is 0 Å². The molecule has 21 heavy (non-hydrogen) atoms. The summed E-state index contributed by atoms with van der Waals surface area (Å²) >= 11 is 0. The van der Waals surface area contributed by atoms with E-state index in [1.54, 1.807) is 0 Å². The maximum atomic E-state index is 11.9. The first kappa shape index (κ1) is 17.2. The van der Waals surface area contributed by atoms with Crippen molar-refractivity contribution in [1.29, 1.82) is 0 Å². The predicted molar refractivity (Wildman–Crippen MR) is 86.2 cm³/mol. The molecule has 5 atom stereocenters. The van der Waals surface area contributed by atoms with Crippen LogP contribution in [0.2, 0.25) is 0 Å². The van der Waals surface area contributed by atoms with Crippen molar-refractivity contribution in [3.63, 3.8) is 0 Å². The molecule has 1 N–H and O–H groups in total. The van der Waals surface area contributed by atoms with E-state index in [0.29, 0.717) is 17.9 Å². The molecule has 1 aliphatic heterocycles. The van der Waals surface area contributed by atoms with Crippen LogP contribution in [0.1, 0.15) is 52.4 Å². The number of nitrogens with one attached hydrogen (secondary N) is 1. The van der Waals surface area contributed by atoms with Crippen LogP contribution in [0.15, 0.2) is 0 Å². The highest BCUT2D eigenvalue weighted by molar-refractivity contribution is 7.91. The molecule has 0 amide bonds. The lowest BCUT2D eigenvalue weighted by molar-refractivity contribution is 0.0336. The van der Waals surface area contributed by atoms with Crippen molar-refractivity contribution in [3.8, 4) is 0 Å². The van der Waals surface area contributed by atoms with Crippen LogP contribution in [0, 0.1) is 11.8 Å². The molecule has 4 nitrogen and oxygen atoms in total. The van der Waals surface area contributed by atoms with Crippen LogP contribution in [0.3, 0.4) is 0 Å². The highest BCUT2D eigenvalue weighted by Crippen LogP contribution is 2.35. The fourth-order valence-electron chi connectivity index (χ4n) is 3.93. The van der Waals surface area contributed by atoms with Gasteiger partial charge >= 0.3 is 0 Å². The molecule has 0 radical (unpaired) electrons. The Morgan fingerprint density at radius 2 is 2.05 bits per heavy atom. The van der Waals surface area contributed by atoms with E-state index in [9.17, 15) is 8.42 Å². The van der Waals surface area contributed by atoms with Crippen LogP contribution in [0.4, 0.5) is 0 Å². The molecule has 2 fully saturated rings. The average Bonchev–Trinajstić information content (AvgIpc) is 2.85. The van der Waals surface area contributed by atoms with Crippen molar-refractivity contribution >= 4 is 9.84 Å². The first-order chi connectivity index (χ1) is 9.93. The Balaban J connectivity index is 2.08. The minimum absolute atomic E-state index is 0.154. The Morgan fingerprint density at radius 3 is 2.62 bits per heavy atom. The summed E-state index contributed by atoms with van der Waals surface area (Å²) in [6.45, 7) is 6.26. The predicted octanol–water partition coefficient (Wildman–Crippen LogP) is 2.38. The molecule has 0 aromatic heterocycles. The number of sulfone groups is 1. The van der Waals surface area contributed by atoms with E-state index in [2.05, 4.69) is 19.2 Å². The fourth-order valence-corrected chi connectivity index (χ4v) is 5.13. The number of rotatable bonds is 6. The maximum Gasteiger partial charge on any atom is 0.150 e. The van der Waals surface area contributed by atoms with Gasteiger partial charge in [0.15, 0.2) is 0 Å². The standard InChI is InChI=1S/C16H31NO3S/c1-4-9-17-15(16-12(2)8-10-20-16)13-6-5-7-14(11-13)21(3,18)19/h12-17H,4-11H2,1-3H3. The van der Waals surface area contributed by atoms with Gasteiger partial charge < -0.3 is 10.1 Å². The van der Waals surface area contributed by atoms with Gasteiger partial charge in [0.1, 0.15) is 9.84 Å². The van der Waals surface area contributed by atoms with Crippen molar-refractivity contribution < 1.29 is 13.2 Å². The van der Waals surface area contributed by atoms with E-state index in [1.807, 2.05) is 0 Å². The quantitative estimate of drug-likeness (QED) is 0.817. The molecule has 1 saturated heterocycles. The fraction of sp³-hybridized carbons (Fsp3) is 1.00. The van der Waals surface area contributed by atoms with Gasteiger partial charge in [-0.25, -0.2) is 8.42 Å². The second kappa shape index (κ2) is 7.42. The van der Waals surface area contributed by atoms with E-state index in [1.165, 1.54) is 6.26 Å². The van der Waals surface area contributed by atoms with E-state index >= 15 is 0 Å². The zero-order valence-corrected chi connectivity index (χ0v) is 14.5. The Morgan fingerprint density at radius 1 is 1.29 bits per heavy atom. The zero-order chi connectivity index (χ0) is 15.5. The first-order valence-corrected chi connectivity index (χ1v) is 10.4. The molecular weight excluding hydrogens is 286 g/mol. The summed E-state index contributed by atoms with van der Waals surface area (Å²) in [5, 5.41) is 3.51. The second-order valence-electron chi connectivity index (χ2n) is 6.96. The van der Waals surface area contributed by atoms with Crippen LogP contribution in [0.5, 0.6) is 0 Å². The average molecular weight is 317 g/mol. The molecule has 2 rings (SSSR count). The molecular formula is C16H31NO3S. The van der Waals surface area contributed by atoms with Crippen LogP contribution in [-0.2, 0) is 14.6 Å². The van der Waals surface area contributed by atoms with Crippen LogP contribution in [-0.4, -0.2) is 45.2 Å². The van der Waals surface area contributed by atoms with E-state index in [-0.39, 0.29) is 11.4 Å². The molecule has 2 aliphatic rings. The Labute approximate surface area is 129 Å². The van der Waals surface area contributed by atoms with Gasteiger partial charge in [0, 0.05) is 18.9 Å². The second-order valence-corrected chi connectivity index (χ2v) is 9.29. The summed E-state index contributed by atoms with van der Waals surface area (Å²) in [7, 11) is -2.92. The lowest BCUT2D eigenvalue weighted by atomic mass is 9.79. The van der Waals surface area contributed by atoms with Crippen molar-refractivity contribution in [1.82, 2.24) is 5.32 Å². The summed E-state index contributed by atoms with van der Waals surface area (Å²) in [5.41, 5.74) is 0. The summed E-state index contributed by atoms with van der Waals surface area (Å²) in [6.07, 6.45) is 7.64. The SMILES string of the molecule is CCCNC(C1CCCC(S(C)(=O)=O)C1)C1OCCC1C. The van der Waals surface area contributed by atoms with E-state index in [0.717, 1.165) is 51.7 Å². The highest BCUT2D eigenvalue weighted by Gasteiger charge is 2.40. The minimum Gasteiger partial charge on any atom is -0.376 e. The van der Waals surface area contributed by atoms with Crippen molar-refractivity contribution in [2.24, 2.45) is 11.8 Å². The van der Waals surface area contributed by atoms with Crippen molar-refractivity contribution in [3.05, 3.63) is 0 Å². The monoisotopic (exact) mass is 317 g/mol. The molecule has 5 unspecified atom stereocenters. The summed E-state index contributed by atoms with van der Waals surface area (Å²) < 4.78 is 29.8. The number of ether oxygens (including phenoxy) is 1. The molecule has 0 aromatic carbocycles. The summed E-state index contributed by atoms with van der Waals surface area (Å²) in [5.74, 6) is 0.994. The Kier molecular flexibility index (Phi) is 6.09. The molecule has 0 aromatic rings. The highest BCUT2D eigenvalue weighted by atomic mass is 32.2. The molecule has 5 heteroatoms. The largest absolute Gasteiger partial charge is 0.376 e. The first-order valence-electron chi connectivity index (χ1n) is 8.47. The molecule has 1 saturated carbocycles. The Hall–Kier alpha value is -0.130. The van der Waals surface area contributed by atoms with E-state index < -0.39 is 9.84 Å². The maximum absolute atomic E-state index is 11.9. The van der Waals surface area contributed by atoms with Gasteiger partial charge in [-0.05, 0) is 50.5 Å². The van der Waals surface area contributed by atoms with Gasteiger partial charge in [-0.3, -0.25) is 0 Å². The van der Waals surface area contributed by atoms with Gasteiger partial charge in [-0.1, -0.05) is 20.3 Å². The molecule has 0 bridgehead atoms. The normalized spacial score (nSPS) is 35.8. The lowest BCUT2D eigenvalue weighted by Gasteiger charge is -2.38. The third kappa shape index (κ3) is 4.42. The number of hydrogen-bond donors (Lipinski definition) is 1. The third-order valence-corrected chi connectivity index (χ3v) is 6.85. The van der Waals surface area contributed by atoms with Crippen molar-refractivity contribution in [2.75, 3.05) is 19.4 Å². The van der Waals surface area contributed by atoms with Gasteiger partial charge in [0.2, 0.25) is 0 Å². The zero-order valence-electron chi connectivity index (χ0n) is 13.7. The van der Waals surface area contributed by atoms with Gasteiger partial charge in [0.25, 0.3) is 0 Å². The Bertz CT molecular complexity index is 423. The van der Waals surface area contributed by atoms with Crippen molar-refractivity contribution in [2.45, 2.75) is 69.8 Å².